The summed E-state index contributed by atoms with van der Waals surface area (Å²) in [4.78, 5) is 75.3. The van der Waals surface area contributed by atoms with Crippen molar-refractivity contribution in [2.75, 3.05) is 12.0 Å². The molecule has 0 fully saturated rings. The fraction of sp³-hybridized carbons (Fsp3) is 0.150. The van der Waals surface area contributed by atoms with Crippen LogP contribution in [0.5, 0.6) is 23.0 Å². The molecule has 2 amide bonds. The molecular weight excluding hydrogens is 779 g/mol. The van der Waals surface area contributed by atoms with Gasteiger partial charge in [-0.25, -0.2) is 18.0 Å². The van der Waals surface area contributed by atoms with Crippen molar-refractivity contribution in [2.45, 2.75) is 25.7 Å². The quantitative estimate of drug-likeness (QED) is 0.0443. The average Bonchev–Trinajstić information content (AvgIpc) is 3.44. The van der Waals surface area contributed by atoms with Crippen LogP contribution in [0.1, 0.15) is 48.6 Å². The van der Waals surface area contributed by atoms with Gasteiger partial charge in [0, 0.05) is 30.5 Å². The molecule has 0 aliphatic carbocycles. The van der Waals surface area contributed by atoms with Crippen LogP contribution >= 0.6 is 0 Å². The lowest BCUT2D eigenvalue weighted by Crippen LogP contribution is -2.46. The highest BCUT2D eigenvalue weighted by atomic mass is 32.2. The van der Waals surface area contributed by atoms with Gasteiger partial charge in [0.25, 0.3) is 23.2 Å². The third-order valence-electron chi connectivity index (χ3n) is 8.61. The zero-order valence-electron chi connectivity index (χ0n) is 30.3. The second-order valence-corrected chi connectivity index (χ2v) is 15.1. The van der Waals surface area contributed by atoms with Crippen molar-refractivity contribution in [2.24, 2.45) is 0 Å². The lowest BCUT2D eigenvalue weighted by molar-refractivity contribution is -0.385. The second-order valence-electron chi connectivity index (χ2n) is 12.9. The number of nitro benzene ring substituents is 2. The van der Waals surface area contributed by atoms with E-state index in [9.17, 15) is 47.8 Å². The van der Waals surface area contributed by atoms with Crippen molar-refractivity contribution < 1.29 is 56.4 Å². The molecule has 5 aromatic rings. The Hall–Kier alpha value is -7.47. The Balaban J connectivity index is 1.11. The molecule has 0 spiro atoms. The predicted molar refractivity (Wildman–Crippen MR) is 203 cm³/mol. The molecule has 1 aliphatic heterocycles. The molecule has 0 aromatic heterocycles. The number of ether oxygens (including phenoxy) is 4. The number of esters is 2. The number of sulfone groups is 1. The van der Waals surface area contributed by atoms with Gasteiger partial charge in [-0.3, -0.25) is 34.7 Å². The topological polar surface area (TPSA) is 229 Å². The number of nitro groups is 2. The summed E-state index contributed by atoms with van der Waals surface area (Å²) in [5, 5.41) is 21.9. The molecule has 0 saturated heterocycles. The molecule has 17 nitrogen and oxygen atoms in total. The van der Waals surface area contributed by atoms with Gasteiger partial charge in [-0.2, -0.15) is 0 Å². The summed E-state index contributed by atoms with van der Waals surface area (Å²) in [5.41, 5.74) is 0.345. The number of hydrogen-bond acceptors (Lipinski definition) is 14. The summed E-state index contributed by atoms with van der Waals surface area (Å²) in [7, 11) is -3.67. The van der Waals surface area contributed by atoms with Crippen LogP contribution in [0, 0.1) is 20.2 Å². The highest BCUT2D eigenvalue weighted by molar-refractivity contribution is 7.90. The summed E-state index contributed by atoms with van der Waals surface area (Å²) < 4.78 is 46.7. The maximum absolute atomic E-state index is 13.7. The van der Waals surface area contributed by atoms with Crippen LogP contribution in [0.15, 0.2) is 115 Å². The first kappa shape index (κ1) is 40.2. The van der Waals surface area contributed by atoms with E-state index in [4.69, 9.17) is 18.9 Å². The number of amides is 2. The van der Waals surface area contributed by atoms with Crippen LogP contribution in [0.4, 0.5) is 11.4 Å². The Labute approximate surface area is 329 Å². The number of hydrogen-bond donors (Lipinski definition) is 0. The zero-order valence-corrected chi connectivity index (χ0v) is 31.2. The van der Waals surface area contributed by atoms with Gasteiger partial charge < -0.3 is 18.9 Å². The third-order valence-corrected chi connectivity index (χ3v) is 9.59. The van der Waals surface area contributed by atoms with Crippen LogP contribution < -0.4 is 9.47 Å². The van der Waals surface area contributed by atoms with Gasteiger partial charge in [0.05, 0.1) is 32.3 Å². The molecule has 5 aromatic carbocycles. The van der Waals surface area contributed by atoms with Crippen LogP contribution in [0.2, 0.25) is 0 Å². The lowest BCUT2D eigenvalue weighted by Gasteiger charge is -2.24. The van der Waals surface area contributed by atoms with Gasteiger partial charge in [0.15, 0.2) is 0 Å². The molecule has 296 valence electrons. The second kappa shape index (κ2) is 17.1. The van der Waals surface area contributed by atoms with E-state index in [-0.39, 0.29) is 41.3 Å². The minimum atomic E-state index is -3.67. The minimum absolute atomic E-state index is 0.0777. The van der Waals surface area contributed by atoms with Gasteiger partial charge in [-0.1, -0.05) is 24.3 Å². The van der Waals surface area contributed by atoms with E-state index in [0.717, 1.165) is 12.3 Å². The van der Waals surface area contributed by atoms with Crippen molar-refractivity contribution in [3.05, 3.63) is 163 Å². The van der Waals surface area contributed by atoms with E-state index in [0.29, 0.717) is 39.0 Å². The summed E-state index contributed by atoms with van der Waals surface area (Å²) >= 11 is 0. The van der Waals surface area contributed by atoms with Crippen molar-refractivity contribution in [1.29, 1.82) is 0 Å². The highest BCUT2D eigenvalue weighted by Crippen LogP contribution is 2.30. The van der Waals surface area contributed by atoms with E-state index in [1.165, 1.54) is 66.7 Å². The molecule has 1 heterocycles. The van der Waals surface area contributed by atoms with E-state index in [1.54, 1.807) is 42.5 Å². The molecule has 58 heavy (non-hydrogen) atoms. The number of benzene rings is 5. The van der Waals surface area contributed by atoms with Crippen LogP contribution in [-0.2, 0) is 37.3 Å². The largest absolute Gasteiger partial charge is 0.459 e. The van der Waals surface area contributed by atoms with Crippen molar-refractivity contribution in [1.82, 2.24) is 4.90 Å². The molecule has 1 aliphatic rings. The molecule has 0 saturated carbocycles. The normalized spacial score (nSPS) is 12.7. The first-order valence-electron chi connectivity index (χ1n) is 17.2. The zero-order chi connectivity index (χ0) is 41.6. The van der Waals surface area contributed by atoms with E-state index in [1.807, 2.05) is 0 Å². The predicted octanol–water partition coefficient (Wildman–Crippen LogP) is 6.59. The molecule has 6 rings (SSSR count). The molecule has 18 heteroatoms. The van der Waals surface area contributed by atoms with Crippen molar-refractivity contribution in [3.63, 3.8) is 0 Å². The standard InChI is InChI=1S/C40H31N3O14S/c1-58(52,53)19-18-36(40(47)55-24-26-5-3-7-33(21-26)57-31-15-11-29(12-16-31)43(50)51)41-37(44)34-17-8-27(22-35(34)38(41)45)39(46)54-23-25-4-2-6-32(20-25)56-30-13-9-28(10-14-30)42(48)49/h2-17,20-22,36H,18-19,23-24H2,1H3/t36-/m0/s1. The van der Waals surface area contributed by atoms with E-state index >= 15 is 0 Å². The Morgan fingerprint density at radius 2 is 1.16 bits per heavy atom. The maximum Gasteiger partial charge on any atom is 0.338 e. The Morgan fingerprint density at radius 1 is 0.655 bits per heavy atom. The van der Waals surface area contributed by atoms with Crippen LogP contribution in [-0.4, -0.2) is 65.0 Å². The van der Waals surface area contributed by atoms with Crippen LogP contribution in [0.25, 0.3) is 0 Å². The highest BCUT2D eigenvalue weighted by Gasteiger charge is 2.44. The van der Waals surface area contributed by atoms with E-state index in [2.05, 4.69) is 0 Å². The SMILES string of the molecule is CS(=O)(=O)CC[C@@H](C(=O)OCc1cccc(Oc2ccc([N+](=O)[O-])cc2)c1)N1C(=O)c2ccc(C(=O)OCc3cccc(Oc4ccc([N+](=O)[O-])cc4)c3)cc2C1=O. The molecule has 0 radical (unpaired) electrons. The fourth-order valence-electron chi connectivity index (χ4n) is 5.77. The first-order valence-corrected chi connectivity index (χ1v) is 19.3. The summed E-state index contributed by atoms with van der Waals surface area (Å²) in [6, 6.07) is 25.8. The van der Waals surface area contributed by atoms with Gasteiger partial charge in [-0.05, 0) is 84.3 Å². The summed E-state index contributed by atoms with van der Waals surface area (Å²) in [5.74, 6) is -2.95. The molecule has 1 atom stereocenters. The first-order chi connectivity index (χ1) is 27.6. The minimum Gasteiger partial charge on any atom is -0.459 e. The number of nitrogens with zero attached hydrogens (tertiary/aromatic N) is 3. The van der Waals surface area contributed by atoms with Gasteiger partial charge in [-0.15, -0.1) is 0 Å². The van der Waals surface area contributed by atoms with Gasteiger partial charge in [0.1, 0.15) is 52.1 Å². The number of imide groups is 1. The Bertz CT molecular complexity index is 2540. The molecular formula is C40H31N3O14S. The van der Waals surface area contributed by atoms with Gasteiger partial charge >= 0.3 is 11.9 Å². The molecule has 0 N–H and O–H groups in total. The number of non-ortho nitro benzene ring substituents is 2. The Morgan fingerprint density at radius 3 is 1.66 bits per heavy atom. The monoisotopic (exact) mass is 809 g/mol. The number of rotatable bonds is 16. The summed E-state index contributed by atoms with van der Waals surface area (Å²) in [6.45, 7) is -0.561. The maximum atomic E-state index is 13.7. The number of fused-ring (bicyclic) bond motifs is 1. The molecule has 0 unspecified atom stereocenters. The number of carbonyl (C=O) groups excluding carboxylic acids is 4. The smallest absolute Gasteiger partial charge is 0.338 e. The van der Waals surface area contributed by atoms with Crippen LogP contribution in [0.3, 0.4) is 0 Å². The van der Waals surface area contributed by atoms with Crippen molar-refractivity contribution in [3.8, 4) is 23.0 Å². The lowest BCUT2D eigenvalue weighted by atomic mass is 10.1. The van der Waals surface area contributed by atoms with Crippen molar-refractivity contribution >= 4 is 45.0 Å². The third kappa shape index (κ3) is 9.84. The Kier molecular flexibility index (Phi) is 11.9. The molecule has 0 bridgehead atoms. The fourth-order valence-corrected chi connectivity index (χ4v) is 6.42. The number of carbonyl (C=O) groups is 4. The van der Waals surface area contributed by atoms with Gasteiger partial charge in [0.2, 0.25) is 0 Å². The van der Waals surface area contributed by atoms with E-state index < -0.39 is 61.7 Å². The average molecular weight is 810 g/mol. The summed E-state index contributed by atoms with van der Waals surface area (Å²) in [6.07, 6.45) is 0.475.